The molecule has 4 aromatic rings. The van der Waals surface area contributed by atoms with Crippen molar-refractivity contribution < 1.29 is 26.7 Å². The second kappa shape index (κ2) is 7.03. The smallest absolute Gasteiger partial charge is 0.341 e. The van der Waals surface area contributed by atoms with Gasteiger partial charge in [-0.2, -0.15) is 13.2 Å². The van der Waals surface area contributed by atoms with Gasteiger partial charge in [0, 0.05) is 27.3 Å². The van der Waals surface area contributed by atoms with Crippen molar-refractivity contribution in [2.24, 2.45) is 0 Å². The molecule has 1 atom stereocenters. The van der Waals surface area contributed by atoms with Crippen molar-refractivity contribution in [3.05, 3.63) is 87.4 Å². The Morgan fingerprint density at radius 3 is 2.47 bits per heavy atom. The van der Waals surface area contributed by atoms with Gasteiger partial charge >= 0.3 is 6.18 Å². The molecule has 1 aliphatic heterocycles. The molecule has 1 aromatic heterocycles. The van der Waals surface area contributed by atoms with Crippen LogP contribution in [0.1, 0.15) is 33.1 Å². The van der Waals surface area contributed by atoms with Crippen molar-refractivity contribution in [2.45, 2.75) is 12.2 Å². The van der Waals surface area contributed by atoms with E-state index in [0.717, 1.165) is 6.07 Å². The van der Waals surface area contributed by atoms with Crippen LogP contribution in [0.3, 0.4) is 0 Å². The van der Waals surface area contributed by atoms with E-state index in [-0.39, 0.29) is 27.5 Å². The molecule has 0 saturated heterocycles. The first kappa shape index (κ1) is 20.4. The number of nitrogens with one attached hydrogen (secondary N) is 2. The summed E-state index contributed by atoms with van der Waals surface area (Å²) in [6, 6.07) is 8.75. The number of H-pyrrole nitrogens is 1. The molecule has 5 rings (SSSR count). The van der Waals surface area contributed by atoms with E-state index in [2.05, 4.69) is 15.3 Å². The molecular formula is C22H11ClF5N3O. The molecule has 4 nitrogen and oxygen atoms in total. The first-order valence-corrected chi connectivity index (χ1v) is 9.67. The average Bonchev–Trinajstić information content (AvgIpc) is 3.29. The molecule has 10 heteroatoms. The largest absolute Gasteiger partial charge is 0.418 e. The SMILES string of the molecule is O=C1NC(c2cc(F)ccc2Cl)c2c1cccc2-c1nc2c(C(F)(F)F)cc(F)cc2[nH]1. The molecule has 2 heterocycles. The van der Waals surface area contributed by atoms with E-state index < -0.39 is 40.8 Å². The number of carbonyl (C=O) groups excluding carboxylic acids is 1. The van der Waals surface area contributed by atoms with E-state index in [1.165, 1.54) is 24.3 Å². The zero-order valence-corrected chi connectivity index (χ0v) is 16.6. The number of carbonyl (C=O) groups is 1. The van der Waals surface area contributed by atoms with E-state index in [1.54, 1.807) is 12.1 Å². The van der Waals surface area contributed by atoms with Gasteiger partial charge < -0.3 is 10.3 Å². The Balaban J connectivity index is 1.75. The lowest BCUT2D eigenvalue weighted by atomic mass is 9.93. The Bertz CT molecular complexity index is 1410. The van der Waals surface area contributed by atoms with Crippen LogP contribution in [-0.2, 0) is 6.18 Å². The molecule has 32 heavy (non-hydrogen) atoms. The summed E-state index contributed by atoms with van der Waals surface area (Å²) in [6.07, 6.45) is -4.82. The minimum Gasteiger partial charge on any atom is -0.341 e. The monoisotopic (exact) mass is 463 g/mol. The number of nitrogens with zero attached hydrogens (tertiary/aromatic N) is 1. The summed E-state index contributed by atoms with van der Waals surface area (Å²) in [5, 5.41) is 2.92. The summed E-state index contributed by atoms with van der Waals surface area (Å²) in [5.74, 6) is -2.09. The van der Waals surface area contributed by atoms with Crippen molar-refractivity contribution in [2.75, 3.05) is 0 Å². The molecule has 0 aliphatic carbocycles. The number of amides is 1. The van der Waals surface area contributed by atoms with Crippen molar-refractivity contribution in [1.82, 2.24) is 15.3 Å². The van der Waals surface area contributed by atoms with E-state index >= 15 is 0 Å². The van der Waals surface area contributed by atoms with Crippen molar-refractivity contribution in [3.63, 3.8) is 0 Å². The van der Waals surface area contributed by atoms with Crippen LogP contribution in [0.5, 0.6) is 0 Å². The summed E-state index contributed by atoms with van der Waals surface area (Å²) in [5.41, 5.74) is -0.623. The Morgan fingerprint density at radius 2 is 1.72 bits per heavy atom. The van der Waals surface area contributed by atoms with E-state index in [0.29, 0.717) is 17.2 Å². The molecule has 0 fully saturated rings. The highest BCUT2D eigenvalue weighted by molar-refractivity contribution is 6.31. The van der Waals surface area contributed by atoms with Crippen LogP contribution in [-0.4, -0.2) is 15.9 Å². The summed E-state index contributed by atoms with van der Waals surface area (Å²) in [6.45, 7) is 0. The van der Waals surface area contributed by atoms with Gasteiger partial charge in [-0.1, -0.05) is 23.7 Å². The topological polar surface area (TPSA) is 57.8 Å². The number of hydrogen-bond acceptors (Lipinski definition) is 2. The standard InChI is InChI=1S/C22H11ClF5N3O/c23-15-5-4-9(24)6-13(15)18-17-11(2-1-3-12(17)21(32)31-18)20-29-16-8-10(25)7-14(19(16)30-20)22(26,27)28/h1-8,18H,(H,29,30)(H,31,32). The van der Waals surface area contributed by atoms with Gasteiger partial charge in [-0.05, 0) is 36.4 Å². The summed E-state index contributed by atoms with van der Waals surface area (Å²) < 4.78 is 68.0. The maximum atomic E-state index is 13.9. The third-order valence-electron chi connectivity index (χ3n) is 5.30. The molecule has 0 saturated carbocycles. The zero-order chi connectivity index (χ0) is 22.8. The van der Waals surface area contributed by atoms with Crippen molar-refractivity contribution in [3.8, 4) is 11.4 Å². The molecule has 1 aliphatic rings. The first-order valence-electron chi connectivity index (χ1n) is 9.29. The lowest BCUT2D eigenvalue weighted by Crippen LogP contribution is -2.20. The van der Waals surface area contributed by atoms with Crippen LogP contribution < -0.4 is 5.32 Å². The minimum atomic E-state index is -4.82. The van der Waals surface area contributed by atoms with Crippen LogP contribution in [0, 0.1) is 11.6 Å². The Labute approximate surface area is 182 Å². The molecular weight excluding hydrogens is 453 g/mol. The van der Waals surface area contributed by atoms with Gasteiger partial charge in [0.05, 0.1) is 17.1 Å². The zero-order valence-electron chi connectivity index (χ0n) is 15.8. The first-order chi connectivity index (χ1) is 15.1. The van der Waals surface area contributed by atoms with Crippen LogP contribution in [0.15, 0.2) is 48.5 Å². The lowest BCUT2D eigenvalue weighted by molar-refractivity contribution is -0.136. The molecule has 1 unspecified atom stereocenters. The highest BCUT2D eigenvalue weighted by atomic mass is 35.5. The number of aromatic amines is 1. The number of imidazole rings is 1. The maximum absolute atomic E-state index is 13.9. The Kier molecular flexibility index (Phi) is 4.49. The normalized spacial score (nSPS) is 15.8. The fraction of sp³-hybridized carbons (Fsp3) is 0.0909. The third-order valence-corrected chi connectivity index (χ3v) is 5.64. The number of halogens is 6. The van der Waals surface area contributed by atoms with Gasteiger partial charge in [-0.25, -0.2) is 13.8 Å². The van der Waals surface area contributed by atoms with E-state index in [4.69, 9.17) is 11.6 Å². The third kappa shape index (κ3) is 3.20. The van der Waals surface area contributed by atoms with Crippen molar-refractivity contribution in [1.29, 1.82) is 0 Å². The predicted octanol–water partition coefficient (Wildman–Crippen LogP) is 6.01. The lowest BCUT2D eigenvalue weighted by Gasteiger charge is -2.16. The minimum absolute atomic E-state index is 0.00183. The quantitative estimate of drug-likeness (QED) is 0.357. The number of fused-ring (bicyclic) bond motifs is 2. The average molecular weight is 464 g/mol. The molecule has 0 spiro atoms. The van der Waals surface area contributed by atoms with Crippen LogP contribution in [0.4, 0.5) is 22.0 Å². The van der Waals surface area contributed by atoms with Crippen molar-refractivity contribution >= 4 is 28.5 Å². The van der Waals surface area contributed by atoms with E-state index in [9.17, 15) is 26.7 Å². The number of alkyl halides is 3. The molecule has 3 aromatic carbocycles. The number of rotatable bonds is 2. The molecule has 0 radical (unpaired) electrons. The summed E-state index contributed by atoms with van der Waals surface area (Å²) in [7, 11) is 0. The summed E-state index contributed by atoms with van der Waals surface area (Å²) >= 11 is 6.23. The Hall–Kier alpha value is -3.46. The van der Waals surface area contributed by atoms with Gasteiger partial charge in [0.15, 0.2) is 0 Å². The second-order valence-electron chi connectivity index (χ2n) is 7.27. The predicted molar refractivity (Wildman–Crippen MR) is 107 cm³/mol. The van der Waals surface area contributed by atoms with Gasteiger partial charge in [-0.3, -0.25) is 4.79 Å². The maximum Gasteiger partial charge on any atom is 0.418 e. The molecule has 162 valence electrons. The van der Waals surface area contributed by atoms with Gasteiger partial charge in [0.2, 0.25) is 0 Å². The summed E-state index contributed by atoms with van der Waals surface area (Å²) in [4.78, 5) is 19.3. The van der Waals surface area contributed by atoms with Gasteiger partial charge in [0.25, 0.3) is 5.91 Å². The number of benzene rings is 3. The van der Waals surface area contributed by atoms with E-state index in [1.807, 2.05) is 0 Å². The van der Waals surface area contributed by atoms with Crippen LogP contribution >= 0.6 is 11.6 Å². The highest BCUT2D eigenvalue weighted by Crippen LogP contribution is 2.41. The number of hydrogen-bond donors (Lipinski definition) is 2. The molecule has 1 amide bonds. The Morgan fingerprint density at radius 1 is 0.969 bits per heavy atom. The fourth-order valence-corrected chi connectivity index (χ4v) is 4.18. The van der Waals surface area contributed by atoms with Crippen LogP contribution in [0.25, 0.3) is 22.4 Å². The number of aromatic nitrogens is 2. The van der Waals surface area contributed by atoms with Gasteiger partial charge in [-0.15, -0.1) is 0 Å². The molecule has 2 N–H and O–H groups in total. The highest BCUT2D eigenvalue weighted by Gasteiger charge is 2.37. The molecule has 0 bridgehead atoms. The van der Waals surface area contributed by atoms with Gasteiger partial charge in [0.1, 0.15) is 23.0 Å². The fourth-order valence-electron chi connectivity index (χ4n) is 3.96. The second-order valence-corrected chi connectivity index (χ2v) is 7.68. The van der Waals surface area contributed by atoms with Crippen LogP contribution in [0.2, 0.25) is 5.02 Å².